The van der Waals surface area contributed by atoms with E-state index in [9.17, 15) is 0 Å². The standard InChI is InChI=1S/C13H16ClN3/c1-4-12(14)13-8-17(16-15-13)11-6-9(2)5-10(3)7-11/h5-8,12H,4H2,1-3H3. The Hall–Kier alpha value is -1.35. The van der Waals surface area contributed by atoms with Crippen LogP contribution in [0.2, 0.25) is 0 Å². The summed E-state index contributed by atoms with van der Waals surface area (Å²) < 4.78 is 1.78. The van der Waals surface area contributed by atoms with E-state index >= 15 is 0 Å². The molecule has 0 spiro atoms. The summed E-state index contributed by atoms with van der Waals surface area (Å²) in [5.41, 5.74) is 4.29. The molecule has 0 aliphatic carbocycles. The van der Waals surface area contributed by atoms with Crippen molar-refractivity contribution in [3.8, 4) is 5.69 Å². The molecule has 90 valence electrons. The zero-order chi connectivity index (χ0) is 12.4. The van der Waals surface area contributed by atoms with Crippen LogP contribution >= 0.6 is 11.6 Å². The molecule has 0 aliphatic heterocycles. The van der Waals surface area contributed by atoms with Gasteiger partial charge in [-0.15, -0.1) is 16.7 Å². The van der Waals surface area contributed by atoms with Crippen molar-refractivity contribution in [2.24, 2.45) is 0 Å². The molecule has 0 aliphatic rings. The summed E-state index contributed by atoms with van der Waals surface area (Å²) in [7, 11) is 0. The third-order valence-electron chi connectivity index (χ3n) is 2.66. The largest absolute Gasteiger partial charge is 0.220 e. The van der Waals surface area contributed by atoms with E-state index in [4.69, 9.17) is 11.6 Å². The fourth-order valence-electron chi connectivity index (χ4n) is 1.84. The number of halogens is 1. The molecule has 1 heterocycles. The number of rotatable bonds is 3. The van der Waals surface area contributed by atoms with Crippen LogP contribution in [0.5, 0.6) is 0 Å². The average Bonchev–Trinajstić information content (AvgIpc) is 2.76. The second-order valence-corrected chi connectivity index (χ2v) is 4.84. The number of aromatic nitrogens is 3. The Morgan fingerprint density at radius 3 is 2.47 bits per heavy atom. The van der Waals surface area contributed by atoms with Gasteiger partial charge in [-0.2, -0.15) is 0 Å². The third kappa shape index (κ3) is 2.67. The summed E-state index contributed by atoms with van der Waals surface area (Å²) in [6.45, 7) is 6.18. The van der Waals surface area contributed by atoms with Crippen LogP contribution in [0, 0.1) is 13.8 Å². The maximum Gasteiger partial charge on any atom is 0.101 e. The van der Waals surface area contributed by atoms with Crippen molar-refractivity contribution in [3.63, 3.8) is 0 Å². The minimum Gasteiger partial charge on any atom is -0.220 e. The van der Waals surface area contributed by atoms with Crippen LogP contribution in [0.25, 0.3) is 5.69 Å². The van der Waals surface area contributed by atoms with E-state index in [-0.39, 0.29) is 5.38 Å². The van der Waals surface area contributed by atoms with Gasteiger partial charge in [-0.05, 0) is 43.5 Å². The Balaban J connectivity index is 2.36. The van der Waals surface area contributed by atoms with E-state index in [0.29, 0.717) is 0 Å². The fraction of sp³-hybridized carbons (Fsp3) is 0.385. The number of hydrogen-bond acceptors (Lipinski definition) is 2. The summed E-state index contributed by atoms with van der Waals surface area (Å²) in [4.78, 5) is 0. The van der Waals surface area contributed by atoms with E-state index in [1.807, 2.05) is 13.1 Å². The van der Waals surface area contributed by atoms with Gasteiger partial charge in [0.1, 0.15) is 5.69 Å². The molecule has 2 aromatic rings. The van der Waals surface area contributed by atoms with E-state index in [1.54, 1.807) is 4.68 Å². The first-order valence-electron chi connectivity index (χ1n) is 5.75. The minimum absolute atomic E-state index is 0.0605. The topological polar surface area (TPSA) is 30.7 Å². The van der Waals surface area contributed by atoms with Crippen LogP contribution in [0.1, 0.15) is 35.5 Å². The predicted octanol–water partition coefficient (Wildman–Crippen LogP) is 3.57. The molecule has 1 aromatic carbocycles. The van der Waals surface area contributed by atoms with Crippen molar-refractivity contribution >= 4 is 11.6 Å². The predicted molar refractivity (Wildman–Crippen MR) is 69.7 cm³/mol. The van der Waals surface area contributed by atoms with Gasteiger partial charge in [0.25, 0.3) is 0 Å². The molecule has 4 heteroatoms. The van der Waals surface area contributed by atoms with Crippen LogP contribution in [0.15, 0.2) is 24.4 Å². The smallest absolute Gasteiger partial charge is 0.101 e. The molecule has 0 saturated heterocycles. The third-order valence-corrected chi connectivity index (χ3v) is 3.19. The Kier molecular flexibility index (Phi) is 3.48. The summed E-state index contributed by atoms with van der Waals surface area (Å²) >= 11 is 6.14. The molecule has 1 atom stereocenters. The molecule has 1 unspecified atom stereocenters. The molecule has 0 saturated carbocycles. The Morgan fingerprint density at radius 2 is 1.88 bits per heavy atom. The first-order valence-corrected chi connectivity index (χ1v) is 6.18. The molecule has 0 bridgehead atoms. The zero-order valence-corrected chi connectivity index (χ0v) is 11.1. The van der Waals surface area contributed by atoms with E-state index in [0.717, 1.165) is 17.8 Å². The van der Waals surface area contributed by atoms with Crippen LogP contribution in [-0.2, 0) is 0 Å². The van der Waals surface area contributed by atoms with Gasteiger partial charge in [0.2, 0.25) is 0 Å². The van der Waals surface area contributed by atoms with Gasteiger partial charge in [0.05, 0.1) is 17.3 Å². The molecule has 17 heavy (non-hydrogen) atoms. The Labute approximate surface area is 106 Å². The van der Waals surface area contributed by atoms with E-state index < -0.39 is 0 Å². The lowest BCUT2D eigenvalue weighted by Crippen LogP contribution is -1.96. The van der Waals surface area contributed by atoms with Gasteiger partial charge >= 0.3 is 0 Å². The summed E-state index contributed by atoms with van der Waals surface area (Å²) in [6.07, 6.45) is 2.75. The van der Waals surface area contributed by atoms with Crippen molar-refractivity contribution < 1.29 is 0 Å². The van der Waals surface area contributed by atoms with Gasteiger partial charge in [-0.1, -0.05) is 18.2 Å². The Morgan fingerprint density at radius 1 is 1.24 bits per heavy atom. The van der Waals surface area contributed by atoms with Crippen molar-refractivity contribution in [1.29, 1.82) is 0 Å². The maximum absolute atomic E-state index is 6.14. The normalized spacial score (nSPS) is 12.7. The zero-order valence-electron chi connectivity index (χ0n) is 10.3. The molecule has 2 rings (SSSR count). The summed E-state index contributed by atoms with van der Waals surface area (Å²) in [5.74, 6) is 0. The van der Waals surface area contributed by atoms with Crippen LogP contribution < -0.4 is 0 Å². The van der Waals surface area contributed by atoms with Gasteiger partial charge < -0.3 is 0 Å². The average molecular weight is 250 g/mol. The van der Waals surface area contributed by atoms with E-state index in [2.05, 4.69) is 42.4 Å². The van der Waals surface area contributed by atoms with Gasteiger partial charge in [-0.3, -0.25) is 0 Å². The number of aryl methyl sites for hydroxylation is 2. The van der Waals surface area contributed by atoms with Gasteiger partial charge in [-0.25, -0.2) is 4.68 Å². The SMILES string of the molecule is CCC(Cl)c1cn(-c2cc(C)cc(C)c2)nn1. The number of alkyl halides is 1. The van der Waals surface area contributed by atoms with Gasteiger partial charge in [0.15, 0.2) is 0 Å². The molecule has 0 amide bonds. The lowest BCUT2D eigenvalue weighted by molar-refractivity contribution is 0.785. The molecule has 0 N–H and O–H groups in total. The lowest BCUT2D eigenvalue weighted by atomic mass is 10.1. The van der Waals surface area contributed by atoms with Gasteiger partial charge in [0, 0.05) is 0 Å². The van der Waals surface area contributed by atoms with Crippen LogP contribution in [0.3, 0.4) is 0 Å². The monoisotopic (exact) mass is 249 g/mol. The van der Waals surface area contributed by atoms with Crippen molar-refractivity contribution in [2.75, 3.05) is 0 Å². The molecule has 1 aromatic heterocycles. The molecular weight excluding hydrogens is 234 g/mol. The number of hydrogen-bond donors (Lipinski definition) is 0. The van der Waals surface area contributed by atoms with E-state index in [1.165, 1.54) is 11.1 Å². The first-order chi connectivity index (χ1) is 8.10. The molecule has 0 fully saturated rings. The highest BCUT2D eigenvalue weighted by Gasteiger charge is 2.10. The van der Waals surface area contributed by atoms with Crippen molar-refractivity contribution in [3.05, 3.63) is 41.2 Å². The highest BCUT2D eigenvalue weighted by molar-refractivity contribution is 6.20. The molecule has 3 nitrogen and oxygen atoms in total. The minimum atomic E-state index is -0.0605. The van der Waals surface area contributed by atoms with Crippen LogP contribution in [-0.4, -0.2) is 15.0 Å². The molecule has 0 radical (unpaired) electrons. The van der Waals surface area contributed by atoms with Crippen molar-refractivity contribution in [1.82, 2.24) is 15.0 Å². The number of nitrogens with zero attached hydrogens (tertiary/aromatic N) is 3. The maximum atomic E-state index is 6.14. The van der Waals surface area contributed by atoms with Crippen molar-refractivity contribution in [2.45, 2.75) is 32.6 Å². The Bertz CT molecular complexity index is 499. The highest BCUT2D eigenvalue weighted by atomic mass is 35.5. The second kappa shape index (κ2) is 4.88. The first kappa shape index (κ1) is 12.1. The summed E-state index contributed by atoms with van der Waals surface area (Å²) in [5, 5.41) is 8.16. The summed E-state index contributed by atoms with van der Waals surface area (Å²) in [6, 6.07) is 6.30. The quantitative estimate of drug-likeness (QED) is 0.779. The van der Waals surface area contributed by atoms with Crippen LogP contribution in [0.4, 0.5) is 0 Å². The highest BCUT2D eigenvalue weighted by Crippen LogP contribution is 2.22. The lowest BCUT2D eigenvalue weighted by Gasteiger charge is -2.04. The second-order valence-electron chi connectivity index (χ2n) is 4.31. The fourth-order valence-corrected chi connectivity index (χ4v) is 1.94. The molecular formula is C13H16ClN3. The number of benzene rings is 1.